The van der Waals surface area contributed by atoms with Crippen LogP contribution >= 0.6 is 0 Å². The fourth-order valence-electron chi connectivity index (χ4n) is 2.16. The van der Waals surface area contributed by atoms with Gasteiger partial charge in [0.05, 0.1) is 5.69 Å². The zero-order chi connectivity index (χ0) is 11.5. The molecule has 2 rings (SSSR count). The van der Waals surface area contributed by atoms with Crippen molar-refractivity contribution in [3.63, 3.8) is 0 Å². The van der Waals surface area contributed by atoms with Gasteiger partial charge in [-0.3, -0.25) is 0 Å². The van der Waals surface area contributed by atoms with Crippen molar-refractivity contribution in [1.82, 2.24) is 9.97 Å². The predicted octanol–water partition coefficient (Wildman–Crippen LogP) is 1.42. The average Bonchev–Trinajstić information content (AvgIpc) is 2.78. The molecule has 1 fully saturated rings. The summed E-state index contributed by atoms with van der Waals surface area (Å²) in [6.45, 7) is 7.19. The van der Waals surface area contributed by atoms with Crippen LogP contribution in [0.15, 0.2) is 12.3 Å². The largest absolute Gasteiger partial charge is 0.341 e. The Balaban J connectivity index is 2.08. The molecule has 0 spiro atoms. The standard InChI is InChI=1S/C12H20N4/c1-9(2)10-4-6-16(8-10)12-14-5-3-11(7-13)15-12/h3,5,9-10H,4,6-8,13H2,1-2H3. The Hall–Kier alpha value is -1.16. The minimum atomic E-state index is 0.483. The Morgan fingerprint density at radius 2 is 2.38 bits per heavy atom. The van der Waals surface area contributed by atoms with Gasteiger partial charge in [-0.15, -0.1) is 0 Å². The summed E-state index contributed by atoms with van der Waals surface area (Å²) in [7, 11) is 0. The zero-order valence-electron chi connectivity index (χ0n) is 10.1. The van der Waals surface area contributed by atoms with Gasteiger partial charge in [0.2, 0.25) is 5.95 Å². The van der Waals surface area contributed by atoms with Gasteiger partial charge in [0.15, 0.2) is 0 Å². The first-order valence-corrected chi connectivity index (χ1v) is 5.97. The van der Waals surface area contributed by atoms with Gasteiger partial charge in [-0.25, -0.2) is 9.97 Å². The first-order chi connectivity index (χ1) is 7.70. The molecule has 4 heteroatoms. The van der Waals surface area contributed by atoms with E-state index in [0.29, 0.717) is 6.54 Å². The summed E-state index contributed by atoms with van der Waals surface area (Å²) in [6.07, 6.45) is 3.04. The normalized spacial score (nSPS) is 20.8. The Bertz CT molecular complexity index is 351. The highest BCUT2D eigenvalue weighted by Crippen LogP contribution is 2.25. The Morgan fingerprint density at radius 1 is 1.56 bits per heavy atom. The van der Waals surface area contributed by atoms with Crippen molar-refractivity contribution in [2.75, 3.05) is 18.0 Å². The number of hydrogen-bond acceptors (Lipinski definition) is 4. The second-order valence-electron chi connectivity index (χ2n) is 4.79. The Morgan fingerprint density at radius 3 is 3.00 bits per heavy atom. The molecule has 0 aliphatic carbocycles. The van der Waals surface area contributed by atoms with E-state index in [0.717, 1.165) is 36.6 Å². The smallest absolute Gasteiger partial charge is 0.225 e. The van der Waals surface area contributed by atoms with Crippen LogP contribution in [0, 0.1) is 11.8 Å². The lowest BCUT2D eigenvalue weighted by atomic mass is 9.95. The number of rotatable bonds is 3. The third kappa shape index (κ3) is 2.32. The van der Waals surface area contributed by atoms with Crippen LogP contribution in [-0.2, 0) is 6.54 Å². The SMILES string of the molecule is CC(C)C1CCN(c2nccc(CN)n2)C1. The van der Waals surface area contributed by atoms with Crippen molar-refractivity contribution < 1.29 is 0 Å². The second kappa shape index (κ2) is 4.78. The van der Waals surface area contributed by atoms with Gasteiger partial charge >= 0.3 is 0 Å². The van der Waals surface area contributed by atoms with Crippen molar-refractivity contribution in [3.05, 3.63) is 18.0 Å². The van der Waals surface area contributed by atoms with E-state index >= 15 is 0 Å². The van der Waals surface area contributed by atoms with Gasteiger partial charge in [0.25, 0.3) is 0 Å². The van der Waals surface area contributed by atoms with Crippen molar-refractivity contribution in [2.45, 2.75) is 26.8 Å². The minimum Gasteiger partial charge on any atom is -0.341 e. The fraction of sp³-hybridized carbons (Fsp3) is 0.667. The molecule has 1 aliphatic rings. The van der Waals surface area contributed by atoms with E-state index in [9.17, 15) is 0 Å². The summed E-state index contributed by atoms with van der Waals surface area (Å²) in [5, 5.41) is 0. The van der Waals surface area contributed by atoms with Crippen molar-refractivity contribution in [2.24, 2.45) is 17.6 Å². The lowest BCUT2D eigenvalue weighted by molar-refractivity contribution is 0.422. The maximum absolute atomic E-state index is 5.58. The lowest BCUT2D eigenvalue weighted by Gasteiger charge is -2.18. The van der Waals surface area contributed by atoms with Crippen molar-refractivity contribution in [1.29, 1.82) is 0 Å². The molecule has 0 radical (unpaired) electrons. The predicted molar refractivity (Wildman–Crippen MR) is 65.1 cm³/mol. The average molecular weight is 220 g/mol. The lowest BCUT2D eigenvalue weighted by Crippen LogP contribution is -2.23. The molecule has 1 aromatic rings. The van der Waals surface area contributed by atoms with Gasteiger partial charge in [0.1, 0.15) is 0 Å². The number of hydrogen-bond donors (Lipinski definition) is 1. The Labute approximate surface area is 96.9 Å². The number of nitrogens with two attached hydrogens (primary N) is 1. The molecule has 0 aromatic carbocycles. The monoisotopic (exact) mass is 220 g/mol. The summed E-state index contributed by atoms with van der Waals surface area (Å²) >= 11 is 0. The molecule has 88 valence electrons. The highest BCUT2D eigenvalue weighted by Gasteiger charge is 2.26. The molecule has 0 bridgehead atoms. The molecule has 1 atom stereocenters. The minimum absolute atomic E-state index is 0.483. The quantitative estimate of drug-likeness (QED) is 0.837. The zero-order valence-corrected chi connectivity index (χ0v) is 10.1. The van der Waals surface area contributed by atoms with Crippen LogP contribution < -0.4 is 10.6 Å². The molecule has 0 amide bonds. The third-order valence-electron chi connectivity index (χ3n) is 3.36. The van der Waals surface area contributed by atoms with Crippen LogP contribution in [0.2, 0.25) is 0 Å². The molecule has 2 heterocycles. The molecule has 2 N–H and O–H groups in total. The number of anilines is 1. The topological polar surface area (TPSA) is 55.0 Å². The number of nitrogens with zero attached hydrogens (tertiary/aromatic N) is 3. The summed E-state index contributed by atoms with van der Waals surface area (Å²) in [6, 6.07) is 1.87. The molecule has 1 aromatic heterocycles. The first-order valence-electron chi connectivity index (χ1n) is 5.97. The fourth-order valence-corrected chi connectivity index (χ4v) is 2.16. The van der Waals surface area contributed by atoms with Crippen LogP contribution in [0.5, 0.6) is 0 Å². The van der Waals surface area contributed by atoms with Crippen LogP contribution in [-0.4, -0.2) is 23.1 Å². The third-order valence-corrected chi connectivity index (χ3v) is 3.36. The van der Waals surface area contributed by atoms with Gasteiger partial charge in [-0.1, -0.05) is 13.8 Å². The molecular weight excluding hydrogens is 200 g/mol. The van der Waals surface area contributed by atoms with E-state index in [-0.39, 0.29) is 0 Å². The maximum atomic E-state index is 5.58. The second-order valence-corrected chi connectivity index (χ2v) is 4.79. The summed E-state index contributed by atoms with van der Waals surface area (Å²) in [4.78, 5) is 11.0. The molecule has 1 unspecified atom stereocenters. The highest BCUT2D eigenvalue weighted by molar-refractivity contribution is 5.32. The van der Waals surface area contributed by atoms with E-state index in [2.05, 4.69) is 28.7 Å². The van der Waals surface area contributed by atoms with E-state index in [4.69, 9.17) is 5.73 Å². The van der Waals surface area contributed by atoms with Gasteiger partial charge in [0, 0.05) is 25.8 Å². The Kier molecular flexibility index (Phi) is 3.39. The van der Waals surface area contributed by atoms with E-state index in [1.165, 1.54) is 6.42 Å². The summed E-state index contributed by atoms with van der Waals surface area (Å²) in [5.41, 5.74) is 6.50. The van der Waals surface area contributed by atoms with E-state index in [1.807, 2.05) is 6.07 Å². The van der Waals surface area contributed by atoms with Crippen LogP contribution in [0.1, 0.15) is 26.0 Å². The van der Waals surface area contributed by atoms with Gasteiger partial charge in [-0.2, -0.15) is 0 Å². The molecule has 1 aliphatic heterocycles. The summed E-state index contributed by atoms with van der Waals surface area (Å²) in [5.74, 6) is 2.35. The van der Waals surface area contributed by atoms with Crippen molar-refractivity contribution in [3.8, 4) is 0 Å². The van der Waals surface area contributed by atoms with Crippen LogP contribution in [0.3, 0.4) is 0 Å². The van der Waals surface area contributed by atoms with Crippen LogP contribution in [0.4, 0.5) is 5.95 Å². The number of aromatic nitrogens is 2. The molecule has 4 nitrogen and oxygen atoms in total. The molecule has 16 heavy (non-hydrogen) atoms. The maximum Gasteiger partial charge on any atom is 0.225 e. The molecule has 1 saturated heterocycles. The van der Waals surface area contributed by atoms with Crippen molar-refractivity contribution >= 4 is 5.95 Å². The van der Waals surface area contributed by atoms with E-state index < -0.39 is 0 Å². The molecule has 0 saturated carbocycles. The van der Waals surface area contributed by atoms with Crippen LogP contribution in [0.25, 0.3) is 0 Å². The first kappa shape index (κ1) is 11.3. The van der Waals surface area contributed by atoms with Gasteiger partial charge in [-0.05, 0) is 24.3 Å². The molecular formula is C12H20N4. The van der Waals surface area contributed by atoms with E-state index in [1.54, 1.807) is 6.20 Å². The summed E-state index contributed by atoms with van der Waals surface area (Å²) < 4.78 is 0. The highest BCUT2D eigenvalue weighted by atomic mass is 15.3. The van der Waals surface area contributed by atoms with Gasteiger partial charge < -0.3 is 10.6 Å².